The third-order valence-electron chi connectivity index (χ3n) is 5.04. The first-order valence-electron chi connectivity index (χ1n) is 10.1. The van der Waals surface area contributed by atoms with Gasteiger partial charge in [0.25, 0.3) is 0 Å². The molecule has 1 saturated heterocycles. The average Bonchev–Trinajstić information content (AvgIpc) is 2.79. The number of para-hydroxylation sites is 2. The summed E-state index contributed by atoms with van der Waals surface area (Å²) in [4.78, 5) is 13.8. The van der Waals surface area contributed by atoms with Crippen LogP contribution in [0.15, 0.2) is 66.9 Å². The Hall–Kier alpha value is -3.12. The zero-order valence-electron chi connectivity index (χ0n) is 16.8. The predicted octanol–water partition coefficient (Wildman–Crippen LogP) is 4.08. The summed E-state index contributed by atoms with van der Waals surface area (Å²) < 4.78 is 5.49. The molecule has 0 spiro atoms. The highest BCUT2D eigenvalue weighted by Gasteiger charge is 2.15. The summed E-state index contributed by atoms with van der Waals surface area (Å²) in [6, 6.07) is 20.7. The maximum atomic E-state index is 5.49. The molecular formula is C23H27N5O. The van der Waals surface area contributed by atoms with Crippen LogP contribution in [-0.4, -0.2) is 42.8 Å². The molecule has 4 rings (SSSR count). The molecule has 1 aliphatic heterocycles. The lowest BCUT2D eigenvalue weighted by Gasteiger charge is -2.30. The van der Waals surface area contributed by atoms with Gasteiger partial charge in [-0.05, 0) is 30.7 Å². The maximum Gasteiger partial charge on any atom is 0.227 e. The van der Waals surface area contributed by atoms with Crippen LogP contribution in [0.4, 0.5) is 23.1 Å². The highest BCUT2D eigenvalue weighted by Crippen LogP contribution is 2.29. The summed E-state index contributed by atoms with van der Waals surface area (Å²) >= 11 is 0. The minimum Gasteiger partial charge on any atom is -0.378 e. The topological polar surface area (TPSA) is 53.5 Å². The predicted molar refractivity (Wildman–Crippen MR) is 118 cm³/mol. The van der Waals surface area contributed by atoms with Crippen LogP contribution in [0.2, 0.25) is 0 Å². The van der Waals surface area contributed by atoms with Gasteiger partial charge < -0.3 is 19.9 Å². The second-order valence-corrected chi connectivity index (χ2v) is 6.98. The molecular weight excluding hydrogens is 362 g/mol. The smallest absolute Gasteiger partial charge is 0.227 e. The normalized spacial score (nSPS) is 13.9. The SMILES string of the molecule is CCN(Cc1ccccc1)c1nccc(Nc2ccccc2N2CCOCC2)n1. The van der Waals surface area contributed by atoms with Crippen molar-refractivity contribution in [2.24, 2.45) is 0 Å². The van der Waals surface area contributed by atoms with Crippen molar-refractivity contribution in [2.45, 2.75) is 13.5 Å². The zero-order valence-corrected chi connectivity index (χ0v) is 16.8. The molecule has 1 fully saturated rings. The number of hydrogen-bond acceptors (Lipinski definition) is 6. The van der Waals surface area contributed by atoms with Gasteiger partial charge in [0.15, 0.2) is 0 Å². The van der Waals surface area contributed by atoms with Crippen molar-refractivity contribution < 1.29 is 4.74 Å². The van der Waals surface area contributed by atoms with Gasteiger partial charge in [0, 0.05) is 32.4 Å². The summed E-state index contributed by atoms with van der Waals surface area (Å²) in [5, 5.41) is 3.49. The Morgan fingerprint density at radius 3 is 2.55 bits per heavy atom. The van der Waals surface area contributed by atoms with Crippen LogP contribution in [0.1, 0.15) is 12.5 Å². The van der Waals surface area contributed by atoms with E-state index in [9.17, 15) is 0 Å². The zero-order chi connectivity index (χ0) is 19.9. The molecule has 2 heterocycles. The first-order chi connectivity index (χ1) is 14.3. The molecule has 0 saturated carbocycles. The van der Waals surface area contributed by atoms with Crippen LogP contribution in [0.25, 0.3) is 0 Å². The van der Waals surface area contributed by atoms with Crippen molar-refractivity contribution in [2.75, 3.05) is 48.0 Å². The van der Waals surface area contributed by atoms with Crippen molar-refractivity contribution in [3.63, 3.8) is 0 Å². The lowest BCUT2D eigenvalue weighted by atomic mass is 10.2. The molecule has 1 aromatic heterocycles. The van der Waals surface area contributed by atoms with Gasteiger partial charge in [-0.1, -0.05) is 42.5 Å². The lowest BCUT2D eigenvalue weighted by molar-refractivity contribution is 0.123. The highest BCUT2D eigenvalue weighted by atomic mass is 16.5. The molecule has 0 radical (unpaired) electrons. The Balaban J connectivity index is 1.53. The van der Waals surface area contributed by atoms with Gasteiger partial charge >= 0.3 is 0 Å². The van der Waals surface area contributed by atoms with E-state index in [2.05, 4.69) is 69.5 Å². The van der Waals surface area contributed by atoms with E-state index in [-0.39, 0.29) is 0 Å². The summed E-state index contributed by atoms with van der Waals surface area (Å²) in [6.07, 6.45) is 1.82. The first-order valence-corrected chi connectivity index (χ1v) is 10.1. The minimum absolute atomic E-state index is 0.727. The molecule has 1 N–H and O–H groups in total. The Morgan fingerprint density at radius 1 is 1.00 bits per heavy atom. The van der Waals surface area contributed by atoms with Gasteiger partial charge in [0.2, 0.25) is 5.95 Å². The fourth-order valence-electron chi connectivity index (χ4n) is 3.50. The molecule has 3 aromatic rings. The number of ether oxygens (including phenoxy) is 1. The third kappa shape index (κ3) is 4.84. The van der Waals surface area contributed by atoms with E-state index >= 15 is 0 Å². The lowest BCUT2D eigenvalue weighted by Crippen LogP contribution is -2.36. The molecule has 6 nitrogen and oxygen atoms in total. The minimum atomic E-state index is 0.727. The quantitative estimate of drug-likeness (QED) is 0.657. The number of aromatic nitrogens is 2. The number of nitrogens with one attached hydrogen (secondary N) is 1. The van der Waals surface area contributed by atoms with Crippen molar-refractivity contribution in [3.05, 3.63) is 72.4 Å². The molecule has 0 bridgehead atoms. The van der Waals surface area contributed by atoms with Gasteiger partial charge in [-0.25, -0.2) is 4.98 Å². The molecule has 6 heteroatoms. The number of anilines is 4. The molecule has 150 valence electrons. The van der Waals surface area contributed by atoms with E-state index in [0.29, 0.717) is 0 Å². The maximum absolute atomic E-state index is 5.49. The summed E-state index contributed by atoms with van der Waals surface area (Å²) in [5.41, 5.74) is 3.46. The molecule has 0 unspecified atom stereocenters. The van der Waals surface area contributed by atoms with Gasteiger partial charge in [-0.2, -0.15) is 4.98 Å². The Labute approximate surface area is 172 Å². The van der Waals surface area contributed by atoms with E-state index in [0.717, 1.165) is 56.8 Å². The van der Waals surface area contributed by atoms with Crippen molar-refractivity contribution in [3.8, 4) is 0 Å². The van der Waals surface area contributed by atoms with Crippen LogP contribution >= 0.6 is 0 Å². The fraction of sp³-hybridized carbons (Fsp3) is 0.304. The van der Waals surface area contributed by atoms with Gasteiger partial charge in [-0.15, -0.1) is 0 Å². The summed E-state index contributed by atoms with van der Waals surface area (Å²) in [6.45, 7) is 7.06. The summed E-state index contributed by atoms with van der Waals surface area (Å²) in [7, 11) is 0. The van der Waals surface area contributed by atoms with E-state index in [1.165, 1.54) is 11.3 Å². The van der Waals surface area contributed by atoms with Gasteiger partial charge in [0.1, 0.15) is 5.82 Å². The van der Waals surface area contributed by atoms with Crippen LogP contribution in [0.5, 0.6) is 0 Å². The molecule has 0 atom stereocenters. The molecule has 29 heavy (non-hydrogen) atoms. The van der Waals surface area contributed by atoms with Crippen molar-refractivity contribution in [1.29, 1.82) is 0 Å². The van der Waals surface area contributed by atoms with Crippen molar-refractivity contribution >= 4 is 23.1 Å². The number of nitrogens with zero attached hydrogens (tertiary/aromatic N) is 4. The molecule has 2 aromatic carbocycles. The average molecular weight is 390 g/mol. The Kier molecular flexibility index (Phi) is 6.22. The van der Waals surface area contributed by atoms with Crippen LogP contribution in [0.3, 0.4) is 0 Å². The fourth-order valence-corrected chi connectivity index (χ4v) is 3.50. The molecule has 0 aliphatic carbocycles. The first kappa shape index (κ1) is 19.2. The molecule has 1 aliphatic rings. The Bertz CT molecular complexity index is 912. The van der Waals surface area contributed by atoms with Gasteiger partial charge in [0.05, 0.1) is 24.6 Å². The number of hydrogen-bond donors (Lipinski definition) is 1. The second kappa shape index (κ2) is 9.39. The third-order valence-corrected chi connectivity index (χ3v) is 5.04. The monoisotopic (exact) mass is 389 g/mol. The van der Waals surface area contributed by atoms with E-state index in [1.54, 1.807) is 0 Å². The van der Waals surface area contributed by atoms with E-state index < -0.39 is 0 Å². The standard InChI is InChI=1S/C23H27N5O/c1-2-27(18-19-8-4-3-5-9-19)23-24-13-12-22(26-23)25-20-10-6-7-11-21(20)28-14-16-29-17-15-28/h3-13H,2,14-18H2,1H3,(H,24,25,26). The summed E-state index contributed by atoms with van der Waals surface area (Å²) in [5.74, 6) is 1.52. The van der Waals surface area contributed by atoms with Crippen LogP contribution in [0, 0.1) is 0 Å². The number of benzene rings is 2. The second-order valence-electron chi connectivity index (χ2n) is 6.98. The van der Waals surface area contributed by atoms with Gasteiger partial charge in [-0.3, -0.25) is 0 Å². The van der Waals surface area contributed by atoms with E-state index in [4.69, 9.17) is 9.72 Å². The van der Waals surface area contributed by atoms with Crippen LogP contribution in [-0.2, 0) is 11.3 Å². The van der Waals surface area contributed by atoms with E-state index in [1.807, 2.05) is 24.4 Å². The van der Waals surface area contributed by atoms with Crippen molar-refractivity contribution in [1.82, 2.24) is 9.97 Å². The van der Waals surface area contributed by atoms with Crippen LogP contribution < -0.4 is 15.1 Å². The number of morpholine rings is 1. The largest absolute Gasteiger partial charge is 0.378 e. The molecule has 0 amide bonds. The highest BCUT2D eigenvalue weighted by molar-refractivity contribution is 5.74. The number of rotatable bonds is 7. The Morgan fingerprint density at radius 2 is 1.76 bits per heavy atom.